The Morgan fingerprint density at radius 1 is 1.62 bits per heavy atom. The molecule has 2 heteroatoms. The molecule has 0 aliphatic heterocycles. The van der Waals surface area contributed by atoms with Crippen molar-refractivity contribution in [1.82, 2.24) is 0 Å². The zero-order valence-corrected chi connectivity index (χ0v) is 5.87. The zero-order chi connectivity index (χ0) is 6.04. The first kappa shape index (κ1) is 6.37. The van der Waals surface area contributed by atoms with Crippen molar-refractivity contribution in [2.75, 3.05) is 13.2 Å². The van der Waals surface area contributed by atoms with E-state index in [4.69, 9.17) is 16.3 Å². The van der Waals surface area contributed by atoms with Gasteiger partial charge in [0.1, 0.15) is 0 Å². The van der Waals surface area contributed by atoms with Gasteiger partial charge in [0.05, 0.1) is 11.5 Å². The van der Waals surface area contributed by atoms with Crippen LogP contribution in [0.4, 0.5) is 0 Å². The number of halogens is 1. The third-order valence-electron chi connectivity index (χ3n) is 1.36. The second-order valence-electron chi connectivity index (χ2n) is 2.29. The first-order chi connectivity index (χ1) is 3.77. The Labute approximate surface area is 55.0 Å². The van der Waals surface area contributed by atoms with E-state index in [9.17, 15) is 0 Å². The fourth-order valence-corrected chi connectivity index (χ4v) is 0.737. The molecule has 1 rings (SSSR count). The minimum Gasteiger partial charge on any atom is -0.380 e. The van der Waals surface area contributed by atoms with Crippen LogP contribution in [-0.2, 0) is 4.74 Å². The predicted octanol–water partition coefficient (Wildman–Crippen LogP) is 1.79. The van der Waals surface area contributed by atoms with E-state index in [1.165, 1.54) is 0 Å². The van der Waals surface area contributed by atoms with Crippen LogP contribution in [0, 0.1) is 0 Å². The van der Waals surface area contributed by atoms with Crippen LogP contribution in [0.15, 0.2) is 0 Å². The van der Waals surface area contributed by atoms with Crippen molar-refractivity contribution in [3.05, 3.63) is 0 Å². The molecule has 1 nitrogen and oxygen atoms in total. The van der Waals surface area contributed by atoms with E-state index < -0.39 is 0 Å². The summed E-state index contributed by atoms with van der Waals surface area (Å²) in [6.45, 7) is 3.52. The van der Waals surface area contributed by atoms with Crippen LogP contribution in [-0.4, -0.2) is 18.1 Å². The maximum atomic E-state index is 5.90. The number of hydrogen-bond donors (Lipinski definition) is 0. The van der Waals surface area contributed by atoms with Crippen molar-refractivity contribution in [2.24, 2.45) is 0 Å². The van der Waals surface area contributed by atoms with Gasteiger partial charge < -0.3 is 4.74 Å². The molecule has 0 spiro atoms. The lowest BCUT2D eigenvalue weighted by Gasteiger charge is -2.03. The molecule has 1 saturated carbocycles. The summed E-state index contributed by atoms with van der Waals surface area (Å²) in [4.78, 5) is 0.0516. The van der Waals surface area contributed by atoms with Gasteiger partial charge in [-0.2, -0.15) is 0 Å². The molecule has 1 aliphatic rings. The number of ether oxygens (including phenoxy) is 1. The van der Waals surface area contributed by atoms with Gasteiger partial charge in [-0.3, -0.25) is 0 Å². The van der Waals surface area contributed by atoms with Gasteiger partial charge in [-0.15, -0.1) is 11.6 Å². The highest BCUT2D eigenvalue weighted by molar-refractivity contribution is 6.26. The molecule has 0 radical (unpaired) electrons. The summed E-state index contributed by atoms with van der Waals surface area (Å²) in [6, 6.07) is 0. The molecule has 0 N–H and O–H groups in total. The van der Waals surface area contributed by atoms with Gasteiger partial charge >= 0.3 is 0 Å². The van der Waals surface area contributed by atoms with E-state index in [1.54, 1.807) is 0 Å². The second-order valence-corrected chi connectivity index (χ2v) is 3.09. The third kappa shape index (κ3) is 1.64. The molecular weight excluding hydrogens is 124 g/mol. The SMILES string of the molecule is CCOCC1(Cl)CC1. The Morgan fingerprint density at radius 3 is 2.62 bits per heavy atom. The van der Waals surface area contributed by atoms with Crippen molar-refractivity contribution < 1.29 is 4.74 Å². The van der Waals surface area contributed by atoms with E-state index in [0.717, 1.165) is 26.1 Å². The van der Waals surface area contributed by atoms with Crippen LogP contribution in [0.25, 0.3) is 0 Å². The summed E-state index contributed by atoms with van der Waals surface area (Å²) >= 11 is 5.90. The van der Waals surface area contributed by atoms with E-state index in [2.05, 4.69) is 0 Å². The highest BCUT2D eigenvalue weighted by atomic mass is 35.5. The van der Waals surface area contributed by atoms with Crippen LogP contribution < -0.4 is 0 Å². The van der Waals surface area contributed by atoms with Crippen molar-refractivity contribution >= 4 is 11.6 Å². The van der Waals surface area contributed by atoms with Crippen molar-refractivity contribution in [3.8, 4) is 0 Å². The monoisotopic (exact) mass is 134 g/mol. The number of hydrogen-bond acceptors (Lipinski definition) is 1. The van der Waals surface area contributed by atoms with E-state index >= 15 is 0 Å². The standard InChI is InChI=1S/C6H11ClO/c1-2-8-5-6(7)3-4-6/h2-5H2,1H3. The molecule has 0 amide bonds. The molecule has 0 unspecified atom stereocenters. The van der Waals surface area contributed by atoms with Crippen LogP contribution in [0.2, 0.25) is 0 Å². The van der Waals surface area contributed by atoms with Gasteiger partial charge in [0.15, 0.2) is 0 Å². The minimum atomic E-state index is 0.0516. The van der Waals surface area contributed by atoms with E-state index in [-0.39, 0.29) is 4.87 Å². The lowest BCUT2D eigenvalue weighted by atomic mass is 10.4. The molecule has 0 aromatic carbocycles. The first-order valence-corrected chi connectivity index (χ1v) is 3.41. The fourth-order valence-electron chi connectivity index (χ4n) is 0.565. The first-order valence-electron chi connectivity index (χ1n) is 3.03. The molecule has 48 valence electrons. The summed E-state index contributed by atoms with van der Waals surface area (Å²) in [5, 5.41) is 0. The van der Waals surface area contributed by atoms with Crippen molar-refractivity contribution in [1.29, 1.82) is 0 Å². The van der Waals surface area contributed by atoms with Crippen LogP contribution >= 0.6 is 11.6 Å². The Kier molecular flexibility index (Phi) is 1.78. The Morgan fingerprint density at radius 2 is 2.25 bits per heavy atom. The van der Waals surface area contributed by atoms with Crippen LogP contribution in [0.5, 0.6) is 0 Å². The molecule has 0 heterocycles. The molecular formula is C6H11ClO. The highest BCUT2D eigenvalue weighted by Gasteiger charge is 2.40. The summed E-state index contributed by atoms with van der Waals surface area (Å²) in [6.07, 6.45) is 2.27. The normalized spacial score (nSPS) is 23.2. The lowest BCUT2D eigenvalue weighted by Crippen LogP contribution is -2.08. The molecule has 0 aromatic heterocycles. The van der Waals surface area contributed by atoms with Crippen molar-refractivity contribution in [2.45, 2.75) is 24.6 Å². The fraction of sp³-hybridized carbons (Fsp3) is 1.00. The Hall–Kier alpha value is 0.250. The van der Waals surface area contributed by atoms with E-state index in [0.29, 0.717) is 0 Å². The summed E-state index contributed by atoms with van der Waals surface area (Å²) < 4.78 is 5.13. The molecule has 8 heavy (non-hydrogen) atoms. The lowest BCUT2D eigenvalue weighted by molar-refractivity contribution is 0.143. The predicted molar refractivity (Wildman–Crippen MR) is 34.3 cm³/mol. The van der Waals surface area contributed by atoms with Gasteiger partial charge in [0.25, 0.3) is 0 Å². The van der Waals surface area contributed by atoms with Crippen LogP contribution in [0.1, 0.15) is 19.8 Å². The van der Waals surface area contributed by atoms with Gasteiger partial charge in [-0.25, -0.2) is 0 Å². The largest absolute Gasteiger partial charge is 0.380 e. The van der Waals surface area contributed by atoms with E-state index in [1.807, 2.05) is 6.92 Å². The molecule has 1 aliphatic carbocycles. The van der Waals surface area contributed by atoms with Crippen molar-refractivity contribution in [3.63, 3.8) is 0 Å². The average molecular weight is 135 g/mol. The van der Waals surface area contributed by atoms with Gasteiger partial charge in [-0.05, 0) is 19.8 Å². The highest BCUT2D eigenvalue weighted by Crippen LogP contribution is 2.42. The van der Waals surface area contributed by atoms with Gasteiger partial charge in [0, 0.05) is 6.61 Å². The third-order valence-corrected chi connectivity index (χ3v) is 1.84. The number of rotatable bonds is 3. The van der Waals surface area contributed by atoms with Crippen LogP contribution in [0.3, 0.4) is 0 Å². The molecule has 0 aromatic rings. The quantitative estimate of drug-likeness (QED) is 0.535. The summed E-state index contributed by atoms with van der Waals surface area (Å²) in [7, 11) is 0. The average Bonchev–Trinajstić information content (AvgIpc) is 2.45. The molecule has 0 bridgehead atoms. The zero-order valence-electron chi connectivity index (χ0n) is 5.11. The maximum absolute atomic E-state index is 5.90. The Balaban J connectivity index is 2.01. The van der Waals surface area contributed by atoms with Gasteiger partial charge in [0.2, 0.25) is 0 Å². The van der Waals surface area contributed by atoms with Gasteiger partial charge in [-0.1, -0.05) is 0 Å². The Bertz CT molecular complexity index is 78.6. The summed E-state index contributed by atoms with van der Waals surface area (Å²) in [5.41, 5.74) is 0. The number of alkyl halides is 1. The minimum absolute atomic E-state index is 0.0516. The summed E-state index contributed by atoms with van der Waals surface area (Å²) in [5.74, 6) is 0. The topological polar surface area (TPSA) is 9.23 Å². The molecule has 0 saturated heterocycles. The maximum Gasteiger partial charge on any atom is 0.0680 e. The molecule has 0 atom stereocenters. The molecule has 1 fully saturated rings. The second kappa shape index (κ2) is 2.24. The smallest absolute Gasteiger partial charge is 0.0680 e.